The number of rotatable bonds is 20. The van der Waals surface area contributed by atoms with Crippen molar-refractivity contribution in [1.29, 1.82) is 0 Å². The molecule has 2 N–H and O–H groups in total. The number of halogens is 4. The molecule has 4 amide bonds. The van der Waals surface area contributed by atoms with Gasteiger partial charge in [-0.2, -0.15) is 0 Å². The minimum absolute atomic E-state index is 0.0391. The molecule has 26 nitrogen and oxygen atoms in total. The van der Waals surface area contributed by atoms with Gasteiger partial charge in [0, 0.05) is 87.3 Å². The predicted octanol–water partition coefficient (Wildman–Crippen LogP) is 12.8. The lowest BCUT2D eigenvalue weighted by molar-refractivity contribution is -0.197. The Balaban J connectivity index is 0.000000210. The first-order chi connectivity index (χ1) is 57.3. The zero-order chi connectivity index (χ0) is 88.2. The van der Waals surface area contributed by atoms with Crippen LogP contribution in [0.3, 0.4) is 0 Å². The van der Waals surface area contributed by atoms with Crippen molar-refractivity contribution in [2.75, 3.05) is 75.5 Å². The highest BCUT2D eigenvalue weighted by Gasteiger charge is 2.65. The van der Waals surface area contributed by atoms with Gasteiger partial charge in [0.25, 0.3) is 11.8 Å². The zero-order valence-corrected chi connectivity index (χ0v) is 73.8. The lowest BCUT2D eigenvalue weighted by atomic mass is 9.82. The van der Waals surface area contributed by atoms with Crippen LogP contribution in [0.25, 0.3) is 21.5 Å². The number of aromatic nitrogens is 2. The molecule has 0 unspecified atom stereocenters. The number of ether oxygens (including phenoxy) is 6. The van der Waals surface area contributed by atoms with E-state index in [1.165, 1.54) is 9.80 Å². The van der Waals surface area contributed by atoms with Crippen LogP contribution < -0.4 is 28.7 Å². The van der Waals surface area contributed by atoms with Crippen LogP contribution in [0.15, 0.2) is 85.2 Å². The van der Waals surface area contributed by atoms with Gasteiger partial charge in [0.15, 0.2) is 22.8 Å². The van der Waals surface area contributed by atoms with Crippen molar-refractivity contribution in [2.24, 2.45) is 58.2 Å². The van der Waals surface area contributed by atoms with Gasteiger partial charge in [-0.05, 0) is 166 Å². The number of sulfonamides is 2. The number of benzene rings is 2. The third-order valence-electron chi connectivity index (χ3n) is 28.0. The molecular formula is C90H120F4N8O18S2. The second-order valence-corrected chi connectivity index (χ2v) is 42.5. The molecule has 4 saturated carbocycles. The molecule has 2 aromatic carbocycles. The number of hydrogen-bond acceptors (Lipinski definition) is 22. The van der Waals surface area contributed by atoms with E-state index in [-0.39, 0.29) is 63.5 Å². The van der Waals surface area contributed by atoms with Crippen molar-refractivity contribution in [3.05, 3.63) is 85.2 Å². The molecule has 32 heteroatoms. The third kappa shape index (κ3) is 19.7. The monoisotopic (exact) mass is 1740 g/mol. The smallest absolute Gasteiger partial charge is 0.307 e. The van der Waals surface area contributed by atoms with Crippen LogP contribution in [0.5, 0.6) is 11.8 Å². The predicted molar refractivity (Wildman–Crippen MR) is 449 cm³/mol. The summed E-state index contributed by atoms with van der Waals surface area (Å²) in [5.41, 5.74) is -5.13. The Morgan fingerprint density at radius 1 is 0.525 bits per heavy atom. The van der Waals surface area contributed by atoms with E-state index in [1.807, 2.05) is 101 Å². The fourth-order valence-corrected chi connectivity index (χ4v) is 20.9. The number of hydrogen-bond donors (Lipinski definition) is 2. The first-order valence-corrected chi connectivity index (χ1v) is 46.3. The highest BCUT2D eigenvalue weighted by molar-refractivity contribution is 7.92. The van der Waals surface area contributed by atoms with Crippen LogP contribution >= 0.6 is 0 Å². The average Bonchev–Trinajstić information content (AvgIpc) is 1.57. The van der Waals surface area contributed by atoms with E-state index in [1.54, 1.807) is 26.2 Å². The number of anilines is 2. The van der Waals surface area contributed by atoms with E-state index in [0.29, 0.717) is 142 Å². The number of nitrogens with one attached hydrogen (secondary N) is 2. The van der Waals surface area contributed by atoms with Gasteiger partial charge in [0.1, 0.15) is 12.2 Å². The standard InChI is InChI=1S/2C45H60F2N4O9S/c2*1-28-11-7-8-12-30-24-45(30,41(55)49-61(56,57)43(5)15-16-43)25-37(52)35-22-31(59-39-33-14-10-9-13-32(33)36(26-48-39)50-17-19-58-20-18-50)27-51(35)40(54)34(29(2)21-28)23-38(53)60-42(3,4)44(6,46)47/h2*8-10,12-14,26,28-31,34-35H,7,11,15-25,27H2,1-6H3,(H,49,55)/b2*12-8-/t28-,29+,30+,31+,34-,35-,45+;28-,29-,30-,31-,34+,35+,45-/m01/s1. The molecule has 4 aliphatic carbocycles. The number of ketones is 2. The molecular weight excluding hydrogens is 1620 g/mol. The Hall–Kier alpha value is -8.36. The van der Waals surface area contributed by atoms with E-state index >= 15 is 9.59 Å². The Kier molecular flexibility index (Phi) is 26.4. The SMILES string of the molecule is C[C@@H]1CC/C=C\[C@@H]2C[C@@]2(C(=O)NS(=O)(=O)C2(C)CC2)CC(=O)[C@@H]2C[C@@H](Oc3ncc(N4CCOCC4)c4ccccc34)CN2C(=O)[C@@H](CC(=O)OC(C)(C)C(C)(F)F)[C@H](C)C1.C[C@H]1CC/C=C\[C@@H]2C[C@@]2(C(=O)NS(=O)(=O)C2(C)CC2)CC(=O)[C@@H]2C[C@@H](Oc3ncc(N4CCOCC4)c4ccccc34)CN2C(=O)[C@@H](CC(=O)OC(C)(C)C(C)(F)F)[C@H](C)C1. The van der Waals surface area contributed by atoms with Crippen LogP contribution in [-0.2, 0) is 77.4 Å². The molecule has 4 aromatic rings. The Bertz CT molecular complexity index is 4640. The van der Waals surface area contributed by atoms with Crippen LogP contribution in [-0.4, -0.2) is 206 Å². The number of esters is 2. The Morgan fingerprint density at radius 3 is 1.20 bits per heavy atom. The van der Waals surface area contributed by atoms with Gasteiger partial charge >= 0.3 is 11.9 Å². The van der Waals surface area contributed by atoms with Crippen molar-refractivity contribution in [3.8, 4) is 11.8 Å². The Morgan fingerprint density at radius 2 is 0.869 bits per heavy atom. The molecule has 8 fully saturated rings. The van der Waals surface area contributed by atoms with Gasteiger partial charge in [-0.25, -0.2) is 44.4 Å². The first kappa shape index (κ1) is 91.3. The van der Waals surface area contributed by atoms with Crippen molar-refractivity contribution in [3.63, 3.8) is 0 Å². The molecule has 14 rings (SSSR count). The summed E-state index contributed by atoms with van der Waals surface area (Å²) < 4.78 is 149. The number of amides is 4. The van der Waals surface area contributed by atoms with Gasteiger partial charge in [-0.3, -0.25) is 47.8 Å². The number of carbonyl (C=O) groups is 8. The molecule has 8 heterocycles. The number of Topliss-reactive ketones (excluding diaryl/α,β-unsaturated/α-hetero) is 2. The molecule has 4 saturated heterocycles. The van der Waals surface area contributed by atoms with E-state index in [4.69, 9.17) is 38.4 Å². The fraction of sp³-hybridized carbons (Fsp3) is 0.667. The Labute approximate surface area is 712 Å². The number of pyridine rings is 2. The van der Waals surface area contributed by atoms with Crippen LogP contribution in [0.1, 0.15) is 199 Å². The van der Waals surface area contributed by atoms with E-state index in [9.17, 15) is 63.2 Å². The van der Waals surface area contributed by atoms with Gasteiger partial charge in [0.2, 0.25) is 55.4 Å². The molecule has 122 heavy (non-hydrogen) atoms. The number of fused-ring (bicyclic) bond motifs is 6. The highest BCUT2D eigenvalue weighted by Crippen LogP contribution is 2.60. The number of allylic oxidation sites excluding steroid dienone is 4. The molecule has 10 aliphatic rings. The molecule has 0 radical (unpaired) electrons. The third-order valence-corrected chi connectivity index (χ3v) is 32.3. The summed E-state index contributed by atoms with van der Waals surface area (Å²) in [7, 11) is -8.02. The minimum Gasteiger partial charge on any atom is -0.472 e. The summed E-state index contributed by atoms with van der Waals surface area (Å²) in [4.78, 5) is 131. The zero-order valence-electron chi connectivity index (χ0n) is 72.2. The van der Waals surface area contributed by atoms with Gasteiger partial charge in [-0.15, -0.1) is 0 Å². The molecule has 2 aromatic heterocycles. The normalized spacial score (nSPS) is 30.4. The fourth-order valence-electron chi connectivity index (χ4n) is 18.3. The lowest BCUT2D eigenvalue weighted by Gasteiger charge is -2.34. The number of morpholine rings is 2. The minimum atomic E-state index is -4.01. The van der Waals surface area contributed by atoms with Crippen molar-refractivity contribution < 1.29 is 101 Å². The first-order valence-electron chi connectivity index (χ1n) is 43.4. The number of carbonyl (C=O) groups excluding carboxylic acids is 8. The van der Waals surface area contributed by atoms with E-state index in [2.05, 4.69) is 19.2 Å². The van der Waals surface area contributed by atoms with Gasteiger partial charge < -0.3 is 48.0 Å². The summed E-state index contributed by atoms with van der Waals surface area (Å²) in [5.74, 6) is -14.9. The summed E-state index contributed by atoms with van der Waals surface area (Å²) in [6.45, 7) is 21.8. The van der Waals surface area contributed by atoms with E-state index in [0.717, 1.165) is 60.6 Å². The van der Waals surface area contributed by atoms with Crippen LogP contribution in [0.2, 0.25) is 0 Å². The topological polar surface area (TPSA) is 323 Å². The molecule has 668 valence electrons. The highest BCUT2D eigenvalue weighted by atomic mass is 32.2. The van der Waals surface area contributed by atoms with Crippen LogP contribution in [0, 0.1) is 58.2 Å². The lowest BCUT2D eigenvalue weighted by Crippen LogP contribution is -2.49. The van der Waals surface area contributed by atoms with Crippen LogP contribution in [0.4, 0.5) is 28.9 Å². The maximum absolute atomic E-state index is 15.0. The van der Waals surface area contributed by atoms with Crippen molar-refractivity contribution >= 4 is 100 Å². The maximum Gasteiger partial charge on any atom is 0.307 e. The average molecular weight is 1740 g/mol. The number of alkyl halides is 4. The van der Waals surface area contributed by atoms with Crippen molar-refractivity contribution in [2.45, 2.75) is 255 Å². The van der Waals surface area contributed by atoms with E-state index < -0.39 is 183 Å². The second-order valence-electron chi connectivity index (χ2n) is 38.2. The summed E-state index contributed by atoms with van der Waals surface area (Å²) in [6.07, 6.45) is 14.2. The number of nitrogens with zero attached hydrogens (tertiary/aromatic N) is 6. The molecule has 14 atom stereocenters. The maximum atomic E-state index is 15.0. The molecule has 6 aliphatic heterocycles. The van der Waals surface area contributed by atoms with Crippen molar-refractivity contribution in [1.82, 2.24) is 29.2 Å². The summed E-state index contributed by atoms with van der Waals surface area (Å²) >= 11 is 0. The molecule has 0 spiro atoms. The second kappa shape index (κ2) is 35.2. The largest absolute Gasteiger partial charge is 0.472 e. The summed E-state index contributed by atoms with van der Waals surface area (Å²) in [5, 5.41) is 3.29. The molecule has 0 bridgehead atoms. The van der Waals surface area contributed by atoms with Gasteiger partial charge in [-0.1, -0.05) is 88.4 Å². The quantitative estimate of drug-likeness (QED) is 0.0471. The summed E-state index contributed by atoms with van der Waals surface area (Å²) in [6, 6.07) is 13.2. The van der Waals surface area contributed by atoms with Gasteiger partial charge in [0.05, 0.1) is 120 Å².